The van der Waals surface area contributed by atoms with E-state index in [0.717, 1.165) is 47.1 Å². The first kappa shape index (κ1) is 16.5. The second-order valence-electron chi connectivity index (χ2n) is 6.34. The Kier molecular flexibility index (Phi) is 4.95. The summed E-state index contributed by atoms with van der Waals surface area (Å²) < 4.78 is 7.15. The summed E-state index contributed by atoms with van der Waals surface area (Å²) in [4.78, 5) is 11.3. The first-order valence-corrected chi connectivity index (χ1v) is 9.39. The molecule has 1 aliphatic rings. The zero-order chi connectivity index (χ0) is 17.1. The maximum atomic E-state index is 6.09. The van der Waals surface area contributed by atoms with Crippen LogP contribution in [0.1, 0.15) is 18.4 Å². The lowest BCUT2D eigenvalue weighted by Crippen LogP contribution is -2.37. The maximum Gasteiger partial charge on any atom is 0.139 e. The number of hydrogen-bond donors (Lipinski definition) is 0. The molecule has 0 amide bonds. The molecule has 4 nitrogen and oxygen atoms in total. The molecular weight excluding hydrogens is 378 g/mol. The molecule has 2 aromatic carbocycles. The van der Waals surface area contributed by atoms with E-state index >= 15 is 0 Å². The van der Waals surface area contributed by atoms with Gasteiger partial charge in [-0.2, -0.15) is 0 Å². The van der Waals surface area contributed by atoms with Crippen LogP contribution in [-0.4, -0.2) is 29.2 Å². The fourth-order valence-corrected chi connectivity index (χ4v) is 3.65. The number of ether oxygens (including phenoxy) is 1. The van der Waals surface area contributed by atoms with E-state index in [4.69, 9.17) is 4.74 Å². The molecule has 0 unspecified atom stereocenters. The van der Waals surface area contributed by atoms with Gasteiger partial charge < -0.3 is 9.64 Å². The number of hydrogen-bond acceptors (Lipinski definition) is 4. The number of fused-ring (bicyclic) bond motifs is 1. The Labute approximate surface area is 156 Å². The first-order chi connectivity index (χ1) is 12.3. The molecule has 2 heterocycles. The van der Waals surface area contributed by atoms with Crippen LogP contribution in [-0.2, 0) is 11.3 Å². The largest absolute Gasteiger partial charge is 0.373 e. The van der Waals surface area contributed by atoms with Crippen LogP contribution in [0, 0.1) is 0 Å². The number of nitrogens with zero attached hydrogens (tertiary/aromatic N) is 3. The normalized spacial score (nSPS) is 15.6. The quantitative estimate of drug-likeness (QED) is 0.645. The van der Waals surface area contributed by atoms with Crippen molar-refractivity contribution < 1.29 is 4.74 Å². The Morgan fingerprint density at radius 3 is 2.64 bits per heavy atom. The fourth-order valence-electron chi connectivity index (χ4n) is 3.29. The van der Waals surface area contributed by atoms with E-state index in [1.54, 1.807) is 6.33 Å². The Bertz CT molecular complexity index is 848. The monoisotopic (exact) mass is 397 g/mol. The molecule has 0 saturated carbocycles. The highest BCUT2D eigenvalue weighted by Gasteiger charge is 2.22. The molecule has 0 bridgehead atoms. The van der Waals surface area contributed by atoms with E-state index in [-0.39, 0.29) is 0 Å². The van der Waals surface area contributed by atoms with E-state index in [2.05, 4.69) is 61.1 Å². The Morgan fingerprint density at radius 1 is 1.04 bits per heavy atom. The fraction of sp³-hybridized carbons (Fsp3) is 0.300. The molecule has 1 fully saturated rings. The summed E-state index contributed by atoms with van der Waals surface area (Å²) in [6.45, 7) is 2.60. The number of anilines is 1. The molecule has 0 N–H and O–H groups in total. The van der Waals surface area contributed by atoms with Gasteiger partial charge in [-0.25, -0.2) is 9.97 Å². The third-order valence-electron chi connectivity index (χ3n) is 4.65. The van der Waals surface area contributed by atoms with Crippen molar-refractivity contribution in [3.8, 4) is 0 Å². The van der Waals surface area contributed by atoms with Gasteiger partial charge in [0.05, 0.1) is 18.2 Å². The highest BCUT2D eigenvalue weighted by Crippen LogP contribution is 2.28. The molecule has 3 aromatic rings. The summed E-state index contributed by atoms with van der Waals surface area (Å²) in [6.07, 6.45) is 4.01. The van der Waals surface area contributed by atoms with E-state index in [9.17, 15) is 0 Å². The SMILES string of the molecule is Brc1ccc2ncnc(N3CCC(OCc4ccccc4)CC3)c2c1. The predicted octanol–water partition coefficient (Wildman–Crippen LogP) is 4.58. The molecule has 0 atom stereocenters. The molecule has 1 saturated heterocycles. The number of benzene rings is 2. The summed E-state index contributed by atoms with van der Waals surface area (Å²) in [5.41, 5.74) is 2.22. The van der Waals surface area contributed by atoms with Gasteiger partial charge in [-0.15, -0.1) is 0 Å². The minimum atomic E-state index is 0.316. The van der Waals surface area contributed by atoms with Crippen molar-refractivity contribution in [1.82, 2.24) is 9.97 Å². The lowest BCUT2D eigenvalue weighted by molar-refractivity contribution is 0.0251. The summed E-state index contributed by atoms with van der Waals surface area (Å²) in [5, 5.41) is 1.10. The molecule has 0 aliphatic carbocycles. The van der Waals surface area contributed by atoms with Gasteiger partial charge in [0.15, 0.2) is 0 Å². The van der Waals surface area contributed by atoms with Crippen molar-refractivity contribution in [2.45, 2.75) is 25.6 Å². The first-order valence-electron chi connectivity index (χ1n) is 8.60. The average molecular weight is 398 g/mol. The van der Waals surface area contributed by atoms with Gasteiger partial charge in [-0.05, 0) is 36.6 Å². The second kappa shape index (κ2) is 7.50. The highest BCUT2D eigenvalue weighted by molar-refractivity contribution is 9.10. The van der Waals surface area contributed by atoms with Crippen LogP contribution in [0.25, 0.3) is 10.9 Å². The standard InChI is InChI=1S/C20H20BrN3O/c21-16-6-7-19-18(12-16)20(23-14-22-19)24-10-8-17(9-11-24)25-13-15-4-2-1-3-5-15/h1-7,12,14,17H,8-11,13H2. The Balaban J connectivity index is 1.41. The van der Waals surface area contributed by atoms with Gasteiger partial charge in [0.25, 0.3) is 0 Å². The maximum absolute atomic E-state index is 6.09. The zero-order valence-corrected chi connectivity index (χ0v) is 15.5. The van der Waals surface area contributed by atoms with Crippen molar-refractivity contribution in [3.05, 3.63) is 64.9 Å². The van der Waals surface area contributed by atoms with Crippen LogP contribution in [0.15, 0.2) is 59.3 Å². The molecule has 0 radical (unpaired) electrons. The van der Waals surface area contributed by atoms with Crippen LogP contribution in [0.4, 0.5) is 5.82 Å². The van der Waals surface area contributed by atoms with Gasteiger partial charge in [-0.3, -0.25) is 0 Å². The molecule has 4 rings (SSSR count). The van der Waals surface area contributed by atoms with Crippen LogP contribution < -0.4 is 4.90 Å². The third kappa shape index (κ3) is 3.83. The Hall–Kier alpha value is -1.98. The van der Waals surface area contributed by atoms with E-state index in [0.29, 0.717) is 12.7 Å². The summed E-state index contributed by atoms with van der Waals surface area (Å²) in [5.74, 6) is 1.02. The van der Waals surface area contributed by atoms with Gasteiger partial charge >= 0.3 is 0 Å². The van der Waals surface area contributed by atoms with Crippen molar-refractivity contribution in [2.24, 2.45) is 0 Å². The lowest BCUT2D eigenvalue weighted by Gasteiger charge is -2.33. The second-order valence-corrected chi connectivity index (χ2v) is 7.26. The van der Waals surface area contributed by atoms with E-state index in [1.807, 2.05) is 18.2 Å². The van der Waals surface area contributed by atoms with Crippen LogP contribution >= 0.6 is 15.9 Å². The lowest BCUT2D eigenvalue weighted by atomic mass is 10.1. The van der Waals surface area contributed by atoms with Gasteiger partial charge in [0, 0.05) is 22.9 Å². The van der Waals surface area contributed by atoms with Crippen LogP contribution in [0.2, 0.25) is 0 Å². The predicted molar refractivity (Wildman–Crippen MR) is 104 cm³/mol. The van der Waals surface area contributed by atoms with Gasteiger partial charge in [0.2, 0.25) is 0 Å². The number of halogens is 1. The number of aromatic nitrogens is 2. The topological polar surface area (TPSA) is 38.2 Å². The van der Waals surface area contributed by atoms with Crippen LogP contribution in [0.3, 0.4) is 0 Å². The van der Waals surface area contributed by atoms with E-state index < -0.39 is 0 Å². The molecule has 128 valence electrons. The van der Waals surface area contributed by atoms with Crippen LogP contribution in [0.5, 0.6) is 0 Å². The Morgan fingerprint density at radius 2 is 1.84 bits per heavy atom. The molecule has 0 spiro atoms. The molecule has 1 aromatic heterocycles. The summed E-state index contributed by atoms with van der Waals surface area (Å²) in [7, 11) is 0. The van der Waals surface area contributed by atoms with E-state index in [1.165, 1.54) is 5.56 Å². The van der Waals surface area contributed by atoms with Crippen molar-refractivity contribution in [2.75, 3.05) is 18.0 Å². The summed E-state index contributed by atoms with van der Waals surface area (Å²) in [6, 6.07) is 16.5. The molecular formula is C20H20BrN3O. The number of rotatable bonds is 4. The smallest absolute Gasteiger partial charge is 0.139 e. The highest BCUT2D eigenvalue weighted by atomic mass is 79.9. The van der Waals surface area contributed by atoms with Gasteiger partial charge in [0.1, 0.15) is 12.1 Å². The zero-order valence-electron chi connectivity index (χ0n) is 13.9. The third-order valence-corrected chi connectivity index (χ3v) is 5.14. The minimum Gasteiger partial charge on any atom is -0.373 e. The molecule has 5 heteroatoms. The van der Waals surface area contributed by atoms with Crippen molar-refractivity contribution in [3.63, 3.8) is 0 Å². The molecule has 25 heavy (non-hydrogen) atoms. The van der Waals surface area contributed by atoms with Gasteiger partial charge in [-0.1, -0.05) is 46.3 Å². The molecule has 1 aliphatic heterocycles. The summed E-state index contributed by atoms with van der Waals surface area (Å²) >= 11 is 3.55. The number of piperidine rings is 1. The van der Waals surface area contributed by atoms with Crippen molar-refractivity contribution in [1.29, 1.82) is 0 Å². The average Bonchev–Trinajstić information content (AvgIpc) is 2.67. The minimum absolute atomic E-state index is 0.316. The van der Waals surface area contributed by atoms with Crippen molar-refractivity contribution >= 4 is 32.7 Å².